The third-order valence-corrected chi connectivity index (χ3v) is 3.28. The number of nitrogens with zero attached hydrogens (tertiary/aromatic N) is 1. The lowest BCUT2D eigenvalue weighted by Crippen LogP contribution is -2.09. The number of hydrogen-bond donors (Lipinski definition) is 2. The van der Waals surface area contributed by atoms with E-state index >= 15 is 0 Å². The van der Waals surface area contributed by atoms with Gasteiger partial charge in [-0.05, 0) is 38.5 Å². The van der Waals surface area contributed by atoms with Crippen molar-refractivity contribution in [1.29, 1.82) is 5.41 Å². The molecule has 0 spiro atoms. The minimum absolute atomic E-state index is 0.135. The van der Waals surface area contributed by atoms with Crippen LogP contribution < -0.4 is 5.73 Å². The molecule has 1 aromatic heterocycles. The van der Waals surface area contributed by atoms with Gasteiger partial charge in [0.15, 0.2) is 0 Å². The molecule has 0 amide bonds. The summed E-state index contributed by atoms with van der Waals surface area (Å²) in [5.74, 6) is 0.690. The Bertz CT molecular complexity index is 600. The third kappa shape index (κ3) is 2.21. The van der Waals surface area contributed by atoms with Crippen LogP contribution in [0, 0.1) is 19.3 Å². The van der Waals surface area contributed by atoms with E-state index < -0.39 is 0 Å². The van der Waals surface area contributed by atoms with Crippen LogP contribution in [0.5, 0.6) is 0 Å². The molecule has 0 aliphatic heterocycles. The molecule has 0 fully saturated rings. The van der Waals surface area contributed by atoms with Gasteiger partial charge in [-0.2, -0.15) is 0 Å². The first-order chi connectivity index (χ1) is 9.07. The lowest BCUT2D eigenvalue weighted by molar-refractivity contribution is 0.325. The first-order valence-electron chi connectivity index (χ1n) is 6.32. The molecular weight excluding hydrogens is 238 g/mol. The Labute approximate surface area is 113 Å². The van der Waals surface area contributed by atoms with Gasteiger partial charge in [-0.1, -0.05) is 18.2 Å². The molecule has 19 heavy (non-hydrogen) atoms. The van der Waals surface area contributed by atoms with Gasteiger partial charge in [0, 0.05) is 11.4 Å². The van der Waals surface area contributed by atoms with E-state index in [4.69, 9.17) is 15.9 Å². The molecule has 0 atom stereocenters. The average Bonchev–Trinajstić information content (AvgIpc) is 2.62. The first-order valence-corrected chi connectivity index (χ1v) is 6.32. The van der Waals surface area contributed by atoms with Crippen molar-refractivity contribution < 1.29 is 4.74 Å². The Kier molecular flexibility index (Phi) is 3.60. The lowest BCUT2D eigenvalue weighted by atomic mass is 10.1. The molecule has 2 aromatic rings. The summed E-state index contributed by atoms with van der Waals surface area (Å²) in [4.78, 5) is 0. The quantitative estimate of drug-likeness (QED) is 0.655. The predicted octanol–water partition coefficient (Wildman–Crippen LogP) is 3.04. The van der Waals surface area contributed by atoms with Crippen molar-refractivity contribution in [1.82, 2.24) is 4.57 Å². The molecule has 0 radical (unpaired) electrons. The molecule has 0 unspecified atom stereocenters. The number of benzene rings is 1. The predicted molar refractivity (Wildman–Crippen MR) is 78.1 cm³/mol. The second kappa shape index (κ2) is 5.18. The van der Waals surface area contributed by atoms with E-state index in [9.17, 15) is 0 Å². The Morgan fingerprint density at radius 3 is 2.47 bits per heavy atom. The standard InChI is InChI=1S/C15H19N3O/c1-4-19-15(17)13-10(2)11(3)18(14(13)16)12-8-6-5-7-9-12/h5-9,17H,4,16H2,1-3H3. The molecule has 0 saturated carbocycles. The summed E-state index contributed by atoms with van der Waals surface area (Å²) in [6.45, 7) is 6.30. The van der Waals surface area contributed by atoms with E-state index in [1.165, 1.54) is 0 Å². The van der Waals surface area contributed by atoms with Gasteiger partial charge in [0.2, 0.25) is 5.90 Å². The second-order valence-electron chi connectivity index (χ2n) is 4.40. The Morgan fingerprint density at radius 2 is 1.89 bits per heavy atom. The normalized spacial score (nSPS) is 10.5. The SMILES string of the molecule is CCOC(=N)c1c(C)c(C)n(-c2ccccc2)c1N. The summed E-state index contributed by atoms with van der Waals surface area (Å²) < 4.78 is 7.24. The zero-order valence-electron chi connectivity index (χ0n) is 11.5. The van der Waals surface area contributed by atoms with Crippen LogP contribution in [0.1, 0.15) is 23.7 Å². The van der Waals surface area contributed by atoms with Crippen molar-refractivity contribution in [2.45, 2.75) is 20.8 Å². The zero-order chi connectivity index (χ0) is 14.0. The molecule has 0 bridgehead atoms. The van der Waals surface area contributed by atoms with Crippen molar-refractivity contribution in [3.63, 3.8) is 0 Å². The van der Waals surface area contributed by atoms with E-state index in [1.807, 2.05) is 55.7 Å². The molecule has 3 N–H and O–H groups in total. The molecule has 0 aliphatic rings. The van der Waals surface area contributed by atoms with Crippen molar-refractivity contribution in [3.8, 4) is 5.69 Å². The highest BCUT2D eigenvalue weighted by molar-refractivity contribution is 5.99. The number of nitrogens with two attached hydrogens (primary N) is 1. The van der Waals surface area contributed by atoms with Crippen molar-refractivity contribution in [2.75, 3.05) is 12.3 Å². The van der Waals surface area contributed by atoms with Crippen molar-refractivity contribution >= 4 is 11.7 Å². The van der Waals surface area contributed by atoms with Crippen LogP contribution in [0.4, 0.5) is 5.82 Å². The minimum Gasteiger partial charge on any atom is -0.478 e. The summed E-state index contributed by atoms with van der Waals surface area (Å²) >= 11 is 0. The summed E-state index contributed by atoms with van der Waals surface area (Å²) in [6, 6.07) is 9.90. The van der Waals surface area contributed by atoms with Gasteiger partial charge < -0.3 is 15.0 Å². The van der Waals surface area contributed by atoms with Crippen molar-refractivity contribution in [2.24, 2.45) is 0 Å². The van der Waals surface area contributed by atoms with Crippen LogP contribution in [0.15, 0.2) is 30.3 Å². The topological polar surface area (TPSA) is 64.0 Å². The molecule has 0 aliphatic carbocycles. The number of aromatic nitrogens is 1. The molecule has 4 heteroatoms. The van der Waals surface area contributed by atoms with Crippen LogP contribution in [-0.2, 0) is 4.74 Å². The molecule has 1 heterocycles. The van der Waals surface area contributed by atoms with Gasteiger partial charge in [-0.15, -0.1) is 0 Å². The van der Waals surface area contributed by atoms with Crippen LogP contribution in [-0.4, -0.2) is 17.1 Å². The van der Waals surface area contributed by atoms with Gasteiger partial charge >= 0.3 is 0 Å². The van der Waals surface area contributed by atoms with E-state index in [0.29, 0.717) is 18.0 Å². The number of ether oxygens (including phenoxy) is 1. The van der Waals surface area contributed by atoms with E-state index in [2.05, 4.69) is 0 Å². The highest BCUT2D eigenvalue weighted by Crippen LogP contribution is 2.28. The van der Waals surface area contributed by atoms with Gasteiger partial charge in [0.05, 0.1) is 12.2 Å². The lowest BCUT2D eigenvalue weighted by Gasteiger charge is -2.09. The van der Waals surface area contributed by atoms with Crippen molar-refractivity contribution in [3.05, 3.63) is 47.2 Å². The third-order valence-electron chi connectivity index (χ3n) is 3.28. The maximum absolute atomic E-state index is 7.97. The molecule has 4 nitrogen and oxygen atoms in total. The van der Waals surface area contributed by atoms with Gasteiger partial charge in [0.1, 0.15) is 5.82 Å². The molecule has 100 valence electrons. The number of anilines is 1. The largest absolute Gasteiger partial charge is 0.478 e. The number of hydrogen-bond acceptors (Lipinski definition) is 3. The second-order valence-corrected chi connectivity index (χ2v) is 4.40. The molecule has 1 aromatic carbocycles. The van der Waals surface area contributed by atoms with Gasteiger partial charge in [-0.3, -0.25) is 5.41 Å². The van der Waals surface area contributed by atoms with Crippen LogP contribution in [0.3, 0.4) is 0 Å². The number of rotatable bonds is 3. The van der Waals surface area contributed by atoms with Crippen LogP contribution in [0.2, 0.25) is 0 Å². The van der Waals surface area contributed by atoms with Crippen LogP contribution in [0.25, 0.3) is 5.69 Å². The summed E-state index contributed by atoms with van der Waals surface area (Å²) in [6.07, 6.45) is 0. The highest BCUT2D eigenvalue weighted by Gasteiger charge is 2.20. The zero-order valence-corrected chi connectivity index (χ0v) is 11.5. The smallest absolute Gasteiger partial charge is 0.217 e. The van der Waals surface area contributed by atoms with E-state index in [0.717, 1.165) is 16.9 Å². The summed E-state index contributed by atoms with van der Waals surface area (Å²) in [5.41, 5.74) is 9.91. The molecular formula is C15H19N3O. The molecule has 0 saturated heterocycles. The number of nitrogens with one attached hydrogen (secondary N) is 1. The summed E-state index contributed by atoms with van der Waals surface area (Å²) in [7, 11) is 0. The summed E-state index contributed by atoms with van der Waals surface area (Å²) in [5, 5.41) is 7.97. The van der Waals surface area contributed by atoms with Gasteiger partial charge in [0.25, 0.3) is 0 Å². The minimum atomic E-state index is 0.135. The molecule has 2 rings (SSSR count). The highest BCUT2D eigenvalue weighted by atomic mass is 16.5. The fourth-order valence-electron chi connectivity index (χ4n) is 2.25. The number of para-hydroxylation sites is 1. The maximum atomic E-state index is 7.97. The first kappa shape index (κ1) is 13.2. The Balaban J connectivity index is 2.59. The monoisotopic (exact) mass is 257 g/mol. The fourth-order valence-corrected chi connectivity index (χ4v) is 2.25. The fraction of sp³-hybridized carbons (Fsp3) is 0.267. The maximum Gasteiger partial charge on any atom is 0.217 e. The van der Waals surface area contributed by atoms with E-state index in [-0.39, 0.29) is 5.90 Å². The number of nitrogen functional groups attached to an aromatic ring is 1. The Hall–Kier alpha value is -2.23. The van der Waals surface area contributed by atoms with Gasteiger partial charge in [-0.25, -0.2) is 0 Å². The van der Waals surface area contributed by atoms with E-state index in [1.54, 1.807) is 0 Å². The Morgan fingerprint density at radius 1 is 1.26 bits per heavy atom. The van der Waals surface area contributed by atoms with Crippen LogP contribution >= 0.6 is 0 Å². The average molecular weight is 257 g/mol.